The van der Waals surface area contributed by atoms with Gasteiger partial charge in [0.05, 0.1) is 0 Å². The van der Waals surface area contributed by atoms with E-state index in [1.807, 2.05) is 13.8 Å². The topological polar surface area (TPSA) is 29.1 Å². The molecule has 3 heteroatoms. The van der Waals surface area contributed by atoms with Crippen LogP contribution in [0.1, 0.15) is 41.0 Å². The van der Waals surface area contributed by atoms with Gasteiger partial charge in [0, 0.05) is 27.3 Å². The Morgan fingerprint density at radius 1 is 1.23 bits per heavy atom. The van der Waals surface area contributed by atoms with Crippen LogP contribution in [0.4, 0.5) is 0 Å². The molecule has 3 atom stereocenters. The zero-order valence-electron chi connectivity index (χ0n) is 9.46. The van der Waals surface area contributed by atoms with Gasteiger partial charge in [0.15, 0.2) is 0 Å². The molecule has 0 saturated heterocycles. The lowest BCUT2D eigenvalue weighted by Gasteiger charge is -2.22. The summed E-state index contributed by atoms with van der Waals surface area (Å²) >= 11 is 0. The maximum atomic E-state index is 11.7. The highest BCUT2D eigenvalue weighted by molar-refractivity contribution is 7.86. The van der Waals surface area contributed by atoms with Crippen LogP contribution in [0, 0.1) is 0 Å². The van der Waals surface area contributed by atoms with Gasteiger partial charge in [0.25, 0.3) is 0 Å². The molecular formula is C10H23NOS. The van der Waals surface area contributed by atoms with Gasteiger partial charge in [-0.3, -0.25) is 4.21 Å². The van der Waals surface area contributed by atoms with E-state index in [2.05, 4.69) is 26.1 Å². The summed E-state index contributed by atoms with van der Waals surface area (Å²) < 4.78 is 11.7. The molecule has 0 rings (SSSR count). The van der Waals surface area contributed by atoms with Crippen LogP contribution in [0.3, 0.4) is 0 Å². The lowest BCUT2D eigenvalue weighted by molar-refractivity contribution is 0.530. The highest BCUT2D eigenvalue weighted by atomic mass is 32.2. The zero-order chi connectivity index (χ0) is 10.4. The number of nitrogens with one attached hydrogen (secondary N) is 1. The maximum Gasteiger partial charge on any atom is 0.0472 e. The first-order valence-electron chi connectivity index (χ1n) is 5.13. The smallest absolute Gasteiger partial charge is 0.0472 e. The largest absolute Gasteiger partial charge is 0.313 e. The first-order valence-corrected chi connectivity index (χ1v) is 6.41. The lowest BCUT2D eigenvalue weighted by atomic mass is 10.2. The fourth-order valence-corrected chi connectivity index (χ4v) is 2.53. The molecule has 0 aliphatic rings. The van der Waals surface area contributed by atoms with E-state index in [1.165, 1.54) is 0 Å². The van der Waals surface area contributed by atoms with E-state index < -0.39 is 10.8 Å². The average molecular weight is 205 g/mol. The summed E-state index contributed by atoms with van der Waals surface area (Å²) in [6, 6.07) is 0.350. The average Bonchev–Trinajstić information content (AvgIpc) is 2.11. The first-order chi connectivity index (χ1) is 6.00. The predicted octanol–water partition coefficient (Wildman–Crippen LogP) is 1.92. The Morgan fingerprint density at radius 3 is 2.15 bits per heavy atom. The van der Waals surface area contributed by atoms with Gasteiger partial charge >= 0.3 is 0 Å². The Labute approximate surface area is 84.9 Å². The van der Waals surface area contributed by atoms with Gasteiger partial charge < -0.3 is 5.32 Å². The molecular weight excluding hydrogens is 182 g/mol. The minimum atomic E-state index is -0.713. The normalized spacial score (nSPS) is 18.6. The molecule has 0 aromatic rings. The Kier molecular flexibility index (Phi) is 6.60. The summed E-state index contributed by atoms with van der Waals surface area (Å²) in [6.07, 6.45) is 1.13. The quantitative estimate of drug-likeness (QED) is 0.718. The minimum Gasteiger partial charge on any atom is -0.313 e. The monoisotopic (exact) mass is 205 g/mol. The Hall–Kier alpha value is 0.110. The van der Waals surface area contributed by atoms with Crippen molar-refractivity contribution in [3.8, 4) is 0 Å². The second-order valence-corrected chi connectivity index (χ2v) is 6.17. The molecule has 0 aliphatic carbocycles. The molecule has 0 fully saturated rings. The van der Waals surface area contributed by atoms with Crippen LogP contribution < -0.4 is 5.32 Å². The molecule has 2 nitrogen and oxygen atoms in total. The number of hydrogen-bond donors (Lipinski definition) is 1. The molecule has 0 amide bonds. The number of rotatable bonds is 6. The van der Waals surface area contributed by atoms with Crippen molar-refractivity contribution in [1.29, 1.82) is 0 Å². The van der Waals surface area contributed by atoms with Crippen LogP contribution in [-0.4, -0.2) is 27.3 Å². The van der Waals surface area contributed by atoms with Crippen LogP contribution in [0.2, 0.25) is 0 Å². The third-order valence-corrected chi connectivity index (χ3v) is 4.32. The molecule has 80 valence electrons. The summed E-state index contributed by atoms with van der Waals surface area (Å²) in [6.45, 7) is 11.4. The summed E-state index contributed by atoms with van der Waals surface area (Å²) in [4.78, 5) is 0. The van der Waals surface area contributed by atoms with Gasteiger partial charge in [0.1, 0.15) is 0 Å². The van der Waals surface area contributed by atoms with Crippen LogP contribution in [0.5, 0.6) is 0 Å². The van der Waals surface area contributed by atoms with E-state index in [0.29, 0.717) is 6.04 Å². The molecule has 13 heavy (non-hydrogen) atoms. The third kappa shape index (κ3) is 4.77. The van der Waals surface area contributed by atoms with E-state index in [0.717, 1.165) is 13.0 Å². The Bertz CT molecular complexity index is 159. The van der Waals surface area contributed by atoms with Gasteiger partial charge in [-0.25, -0.2) is 0 Å². The fraction of sp³-hybridized carbons (Fsp3) is 1.00. The molecule has 0 aromatic carbocycles. The van der Waals surface area contributed by atoms with Gasteiger partial charge in [-0.2, -0.15) is 0 Å². The molecule has 0 bridgehead atoms. The SMILES string of the molecule is CCCNC(C)C(C)S(=O)C(C)C. The standard InChI is InChI=1S/C10H23NOS/c1-6-7-11-9(4)10(5)13(12)8(2)3/h8-11H,6-7H2,1-5H3. The van der Waals surface area contributed by atoms with Crippen molar-refractivity contribution in [3.05, 3.63) is 0 Å². The van der Waals surface area contributed by atoms with Gasteiger partial charge in [-0.1, -0.05) is 20.8 Å². The van der Waals surface area contributed by atoms with E-state index in [9.17, 15) is 4.21 Å². The van der Waals surface area contributed by atoms with Crippen LogP contribution in [0.25, 0.3) is 0 Å². The second-order valence-electron chi connectivity index (χ2n) is 3.83. The summed E-state index contributed by atoms with van der Waals surface area (Å²) in [5.74, 6) is 0. The van der Waals surface area contributed by atoms with Crippen molar-refractivity contribution < 1.29 is 4.21 Å². The highest BCUT2D eigenvalue weighted by Crippen LogP contribution is 2.07. The van der Waals surface area contributed by atoms with Crippen molar-refractivity contribution in [2.45, 2.75) is 57.6 Å². The van der Waals surface area contributed by atoms with E-state index in [4.69, 9.17) is 0 Å². The zero-order valence-corrected chi connectivity index (χ0v) is 10.3. The fourth-order valence-electron chi connectivity index (χ4n) is 1.17. The van der Waals surface area contributed by atoms with E-state index in [-0.39, 0.29) is 10.5 Å². The van der Waals surface area contributed by atoms with Crippen molar-refractivity contribution in [1.82, 2.24) is 5.32 Å². The number of hydrogen-bond acceptors (Lipinski definition) is 2. The second kappa shape index (κ2) is 6.55. The molecule has 0 radical (unpaired) electrons. The van der Waals surface area contributed by atoms with Crippen LogP contribution >= 0.6 is 0 Å². The van der Waals surface area contributed by atoms with E-state index in [1.54, 1.807) is 0 Å². The van der Waals surface area contributed by atoms with Crippen molar-refractivity contribution >= 4 is 10.8 Å². The Morgan fingerprint density at radius 2 is 1.77 bits per heavy atom. The van der Waals surface area contributed by atoms with Crippen molar-refractivity contribution in [3.63, 3.8) is 0 Å². The molecule has 0 aliphatic heterocycles. The highest BCUT2D eigenvalue weighted by Gasteiger charge is 2.19. The predicted molar refractivity (Wildman–Crippen MR) is 60.5 cm³/mol. The maximum absolute atomic E-state index is 11.7. The third-order valence-electron chi connectivity index (χ3n) is 2.25. The minimum absolute atomic E-state index is 0.242. The van der Waals surface area contributed by atoms with Crippen molar-refractivity contribution in [2.24, 2.45) is 0 Å². The molecule has 0 spiro atoms. The molecule has 0 aromatic heterocycles. The Balaban J connectivity index is 3.94. The van der Waals surface area contributed by atoms with Crippen LogP contribution in [-0.2, 0) is 10.8 Å². The van der Waals surface area contributed by atoms with E-state index >= 15 is 0 Å². The van der Waals surface area contributed by atoms with Crippen molar-refractivity contribution in [2.75, 3.05) is 6.54 Å². The molecule has 3 unspecified atom stereocenters. The first kappa shape index (κ1) is 13.1. The van der Waals surface area contributed by atoms with Gasteiger partial charge in [-0.15, -0.1) is 0 Å². The van der Waals surface area contributed by atoms with Gasteiger partial charge in [0.2, 0.25) is 0 Å². The molecule has 1 N–H and O–H groups in total. The van der Waals surface area contributed by atoms with Gasteiger partial charge in [-0.05, 0) is 26.8 Å². The molecule has 0 heterocycles. The van der Waals surface area contributed by atoms with Crippen LogP contribution in [0.15, 0.2) is 0 Å². The lowest BCUT2D eigenvalue weighted by Crippen LogP contribution is -2.40. The molecule has 0 saturated carbocycles. The summed E-state index contributed by atoms with van der Waals surface area (Å²) in [5.41, 5.74) is 0. The summed E-state index contributed by atoms with van der Waals surface area (Å²) in [5, 5.41) is 3.88. The summed E-state index contributed by atoms with van der Waals surface area (Å²) in [7, 11) is -0.713.